The Kier molecular flexibility index (Phi) is 2.16. The number of methoxy groups -OCH3 is 1. The monoisotopic (exact) mass is 256 g/mol. The van der Waals surface area contributed by atoms with Crippen LogP contribution in [0.1, 0.15) is 34.8 Å². The Bertz CT molecular complexity index is 666. The summed E-state index contributed by atoms with van der Waals surface area (Å²) < 4.78 is 4.87. The van der Waals surface area contributed by atoms with E-state index in [2.05, 4.69) is 16.0 Å². The average Bonchev–Trinajstić information content (AvgIpc) is 2.89. The second-order valence-corrected chi connectivity index (χ2v) is 5.37. The van der Waals surface area contributed by atoms with E-state index in [0.717, 1.165) is 24.0 Å². The number of rotatable bonds is 1. The molecule has 0 radical (unpaired) electrons. The molecule has 1 aromatic heterocycles. The quantitative estimate of drug-likeness (QED) is 0.798. The van der Waals surface area contributed by atoms with Gasteiger partial charge < -0.3 is 14.6 Å². The maximum atomic E-state index is 11.9. The molecule has 1 aromatic carbocycles. The molecule has 0 unspecified atom stereocenters. The Labute approximate surface area is 111 Å². The number of piperidine rings is 1. The Balaban J connectivity index is 2.01. The van der Waals surface area contributed by atoms with E-state index < -0.39 is 0 Å². The molecule has 3 aliphatic heterocycles. The number of esters is 1. The first-order valence-electron chi connectivity index (χ1n) is 6.77. The molecule has 0 aliphatic carbocycles. The summed E-state index contributed by atoms with van der Waals surface area (Å²) in [6, 6.07) is 5.86. The summed E-state index contributed by atoms with van der Waals surface area (Å²) in [5.74, 6) is 0.351. The van der Waals surface area contributed by atoms with E-state index in [-0.39, 0.29) is 5.97 Å². The van der Waals surface area contributed by atoms with Gasteiger partial charge in [0.05, 0.1) is 23.9 Å². The predicted molar refractivity (Wildman–Crippen MR) is 73.8 cm³/mol. The number of nitrogens with zero attached hydrogens (tertiary/aromatic N) is 1. The minimum absolute atomic E-state index is 0.272. The van der Waals surface area contributed by atoms with Gasteiger partial charge in [-0.1, -0.05) is 12.1 Å². The lowest BCUT2D eigenvalue weighted by molar-refractivity contribution is 0.0603. The van der Waals surface area contributed by atoms with Gasteiger partial charge in [-0.2, -0.15) is 0 Å². The third kappa shape index (κ3) is 1.37. The molecule has 1 saturated heterocycles. The number of H-pyrrole nitrogens is 1. The van der Waals surface area contributed by atoms with Crippen LogP contribution in [0.25, 0.3) is 10.9 Å². The smallest absolute Gasteiger partial charge is 0.339 e. The average molecular weight is 256 g/mol. The van der Waals surface area contributed by atoms with E-state index >= 15 is 0 Å². The molecule has 3 aliphatic rings. The van der Waals surface area contributed by atoms with E-state index in [1.54, 1.807) is 0 Å². The zero-order chi connectivity index (χ0) is 13.0. The van der Waals surface area contributed by atoms with Gasteiger partial charge in [0.25, 0.3) is 0 Å². The highest BCUT2D eigenvalue weighted by Gasteiger charge is 2.34. The minimum Gasteiger partial charge on any atom is -0.465 e. The molecule has 4 heterocycles. The van der Waals surface area contributed by atoms with E-state index in [1.807, 2.05) is 12.1 Å². The van der Waals surface area contributed by atoms with Gasteiger partial charge in [0.1, 0.15) is 0 Å². The molecule has 98 valence electrons. The van der Waals surface area contributed by atoms with Gasteiger partial charge in [-0.25, -0.2) is 4.79 Å². The summed E-state index contributed by atoms with van der Waals surface area (Å²) in [5.41, 5.74) is 4.18. The van der Waals surface area contributed by atoms with E-state index in [9.17, 15) is 4.79 Å². The topological polar surface area (TPSA) is 45.3 Å². The van der Waals surface area contributed by atoms with Gasteiger partial charge in [0.15, 0.2) is 0 Å². The van der Waals surface area contributed by atoms with Gasteiger partial charge in [-0.05, 0) is 18.9 Å². The maximum absolute atomic E-state index is 11.9. The van der Waals surface area contributed by atoms with Crippen LogP contribution in [0.5, 0.6) is 0 Å². The number of nitrogens with one attached hydrogen (secondary N) is 1. The van der Waals surface area contributed by atoms with Crippen molar-refractivity contribution in [2.24, 2.45) is 0 Å². The van der Waals surface area contributed by atoms with Gasteiger partial charge in [0, 0.05) is 30.1 Å². The van der Waals surface area contributed by atoms with Crippen LogP contribution >= 0.6 is 0 Å². The summed E-state index contributed by atoms with van der Waals surface area (Å²) in [6.07, 6.45) is 2.43. The Morgan fingerprint density at radius 1 is 1.37 bits per heavy atom. The summed E-state index contributed by atoms with van der Waals surface area (Å²) in [4.78, 5) is 17.8. The van der Waals surface area contributed by atoms with Crippen LogP contribution in [0.2, 0.25) is 0 Å². The van der Waals surface area contributed by atoms with Crippen molar-refractivity contribution in [2.45, 2.75) is 18.8 Å². The Morgan fingerprint density at radius 3 is 2.89 bits per heavy atom. The fraction of sp³-hybridized carbons (Fsp3) is 0.400. The molecule has 1 N–H and O–H groups in total. The number of carbonyl (C=O) groups is 1. The second kappa shape index (κ2) is 3.76. The molecule has 19 heavy (non-hydrogen) atoms. The number of aromatic amines is 1. The lowest BCUT2D eigenvalue weighted by Crippen LogP contribution is -2.38. The standard InChI is InChI=1S/C15H16N2O2/c1-19-15(18)11-4-2-3-10-13(11)16-12-9-5-7-17(8-6-9)14(10)12/h2-4,9,16H,5-8H2,1H3. The molecular weight excluding hydrogens is 240 g/mol. The van der Waals surface area contributed by atoms with Gasteiger partial charge in [0.2, 0.25) is 0 Å². The van der Waals surface area contributed by atoms with E-state index in [0.29, 0.717) is 11.5 Å². The van der Waals surface area contributed by atoms with Crippen LogP contribution in [0, 0.1) is 0 Å². The molecule has 2 bridgehead atoms. The van der Waals surface area contributed by atoms with Crippen molar-refractivity contribution in [2.75, 3.05) is 25.1 Å². The van der Waals surface area contributed by atoms with Crippen molar-refractivity contribution in [1.82, 2.24) is 4.98 Å². The van der Waals surface area contributed by atoms with Gasteiger partial charge >= 0.3 is 5.97 Å². The molecule has 0 amide bonds. The number of carbonyl (C=O) groups excluding carboxylic acids is 1. The summed E-state index contributed by atoms with van der Waals surface area (Å²) in [5, 5.41) is 1.15. The molecule has 5 rings (SSSR count). The normalized spacial score (nSPS) is 17.8. The van der Waals surface area contributed by atoms with Crippen LogP contribution < -0.4 is 4.90 Å². The number of ether oxygens (including phenoxy) is 1. The minimum atomic E-state index is -0.272. The fourth-order valence-corrected chi connectivity index (χ4v) is 3.53. The van der Waals surface area contributed by atoms with Gasteiger partial charge in [-0.3, -0.25) is 0 Å². The SMILES string of the molecule is COC(=O)c1cccc2c3c([nH]c12)C1CCN3CC1. The van der Waals surface area contributed by atoms with Crippen LogP contribution in [0.3, 0.4) is 0 Å². The van der Waals surface area contributed by atoms with Crippen LogP contribution in [0.4, 0.5) is 5.69 Å². The van der Waals surface area contributed by atoms with Crippen LogP contribution in [-0.2, 0) is 4.74 Å². The third-order valence-corrected chi connectivity index (χ3v) is 4.46. The molecule has 4 nitrogen and oxygen atoms in total. The highest BCUT2D eigenvalue weighted by molar-refractivity contribution is 6.08. The van der Waals surface area contributed by atoms with Crippen molar-refractivity contribution in [3.63, 3.8) is 0 Å². The van der Waals surface area contributed by atoms with Crippen molar-refractivity contribution in [3.05, 3.63) is 29.5 Å². The number of benzene rings is 1. The van der Waals surface area contributed by atoms with Crippen LogP contribution in [-0.4, -0.2) is 31.2 Å². The highest BCUT2D eigenvalue weighted by atomic mass is 16.5. The zero-order valence-corrected chi connectivity index (χ0v) is 10.9. The molecule has 0 saturated carbocycles. The second-order valence-electron chi connectivity index (χ2n) is 5.37. The molecule has 2 aromatic rings. The van der Waals surface area contributed by atoms with Crippen LogP contribution in [0.15, 0.2) is 18.2 Å². The van der Waals surface area contributed by atoms with Crippen molar-refractivity contribution in [3.8, 4) is 0 Å². The lowest BCUT2D eigenvalue weighted by atomic mass is 9.87. The number of anilines is 1. The third-order valence-electron chi connectivity index (χ3n) is 4.46. The van der Waals surface area contributed by atoms with Gasteiger partial charge in [-0.15, -0.1) is 0 Å². The number of para-hydroxylation sites is 1. The number of aromatic nitrogens is 1. The number of fused-ring (bicyclic) bond motifs is 3. The predicted octanol–water partition coefficient (Wildman–Crippen LogP) is 2.65. The van der Waals surface area contributed by atoms with E-state index in [4.69, 9.17) is 4.74 Å². The molecular formula is C15H16N2O2. The maximum Gasteiger partial charge on any atom is 0.339 e. The first-order chi connectivity index (χ1) is 9.29. The zero-order valence-electron chi connectivity index (χ0n) is 10.9. The molecule has 0 atom stereocenters. The summed E-state index contributed by atoms with van der Waals surface area (Å²) in [6.45, 7) is 2.26. The number of hydrogen-bond donors (Lipinski definition) is 1. The fourth-order valence-electron chi connectivity index (χ4n) is 3.53. The molecule has 4 heteroatoms. The largest absolute Gasteiger partial charge is 0.465 e. The Hall–Kier alpha value is -1.97. The van der Waals surface area contributed by atoms with Crippen molar-refractivity contribution in [1.29, 1.82) is 0 Å². The lowest BCUT2D eigenvalue weighted by Gasteiger charge is -2.40. The summed E-state index contributed by atoms with van der Waals surface area (Å²) >= 11 is 0. The summed E-state index contributed by atoms with van der Waals surface area (Å²) in [7, 11) is 1.43. The van der Waals surface area contributed by atoms with Crippen molar-refractivity contribution >= 4 is 22.6 Å². The molecule has 0 spiro atoms. The first-order valence-corrected chi connectivity index (χ1v) is 6.77. The molecule has 1 fully saturated rings. The number of hydrogen-bond acceptors (Lipinski definition) is 3. The van der Waals surface area contributed by atoms with E-state index in [1.165, 1.54) is 31.3 Å². The highest BCUT2D eigenvalue weighted by Crippen LogP contribution is 2.46. The van der Waals surface area contributed by atoms with Crippen molar-refractivity contribution < 1.29 is 9.53 Å². The Morgan fingerprint density at radius 2 is 2.16 bits per heavy atom. The first kappa shape index (κ1) is 10.9.